The van der Waals surface area contributed by atoms with Gasteiger partial charge in [0, 0.05) is 19.0 Å². The van der Waals surface area contributed by atoms with Crippen molar-refractivity contribution in [1.29, 1.82) is 0 Å². The fourth-order valence-corrected chi connectivity index (χ4v) is 5.00. The molecule has 2 aromatic rings. The SMILES string of the molecule is CCC(=O)N(c1nnc(SC(C)C(=O)NCc2ccc3c(c2)OCO3)s1)C1CC1. The van der Waals surface area contributed by atoms with Crippen LogP contribution in [0.5, 0.6) is 11.5 Å². The van der Waals surface area contributed by atoms with Crippen LogP contribution in [0.3, 0.4) is 0 Å². The fraction of sp³-hybridized carbons (Fsp3) is 0.474. The molecule has 1 unspecified atom stereocenters. The molecule has 1 atom stereocenters. The predicted octanol–water partition coefficient (Wildman–Crippen LogP) is 2.97. The lowest BCUT2D eigenvalue weighted by molar-refractivity contribution is -0.120. The van der Waals surface area contributed by atoms with Crippen molar-refractivity contribution >= 4 is 40.0 Å². The molecule has 1 fully saturated rings. The zero-order chi connectivity index (χ0) is 20.4. The molecular weight excluding hydrogens is 412 g/mol. The summed E-state index contributed by atoms with van der Waals surface area (Å²) < 4.78 is 11.3. The molecule has 154 valence electrons. The maximum atomic E-state index is 12.5. The van der Waals surface area contributed by atoms with Gasteiger partial charge in [-0.2, -0.15) is 0 Å². The predicted molar refractivity (Wildman–Crippen MR) is 110 cm³/mol. The molecule has 29 heavy (non-hydrogen) atoms. The van der Waals surface area contributed by atoms with Crippen molar-refractivity contribution in [2.45, 2.75) is 55.3 Å². The summed E-state index contributed by atoms with van der Waals surface area (Å²) in [5.41, 5.74) is 0.941. The Morgan fingerprint density at radius 3 is 2.86 bits per heavy atom. The van der Waals surface area contributed by atoms with Crippen LogP contribution in [-0.4, -0.2) is 40.1 Å². The number of hydrogen-bond acceptors (Lipinski definition) is 8. The third-order valence-electron chi connectivity index (χ3n) is 4.64. The first-order valence-electron chi connectivity index (χ1n) is 9.53. The molecule has 1 aromatic heterocycles. The topological polar surface area (TPSA) is 93.7 Å². The van der Waals surface area contributed by atoms with Gasteiger partial charge in [0.25, 0.3) is 0 Å². The largest absolute Gasteiger partial charge is 0.454 e. The maximum absolute atomic E-state index is 12.5. The lowest BCUT2D eigenvalue weighted by atomic mass is 10.2. The van der Waals surface area contributed by atoms with Gasteiger partial charge in [-0.25, -0.2) is 0 Å². The molecule has 1 saturated carbocycles. The summed E-state index contributed by atoms with van der Waals surface area (Å²) in [5.74, 6) is 1.39. The van der Waals surface area contributed by atoms with Crippen molar-refractivity contribution in [2.24, 2.45) is 0 Å². The number of amides is 2. The molecule has 2 heterocycles. The second-order valence-electron chi connectivity index (χ2n) is 6.86. The number of rotatable bonds is 8. The van der Waals surface area contributed by atoms with Crippen molar-refractivity contribution in [2.75, 3.05) is 11.7 Å². The average Bonchev–Trinajstić information content (AvgIpc) is 3.26. The molecule has 10 heteroatoms. The van der Waals surface area contributed by atoms with Gasteiger partial charge in [-0.15, -0.1) is 10.2 Å². The molecule has 0 saturated heterocycles. The summed E-state index contributed by atoms with van der Waals surface area (Å²) in [6.45, 7) is 4.31. The summed E-state index contributed by atoms with van der Waals surface area (Å²) in [5, 5.41) is 11.6. The molecule has 4 rings (SSSR count). The number of thioether (sulfide) groups is 1. The Morgan fingerprint density at radius 1 is 1.31 bits per heavy atom. The Bertz CT molecular complexity index is 915. The van der Waals surface area contributed by atoms with E-state index in [1.165, 1.54) is 23.1 Å². The number of nitrogens with zero attached hydrogens (tertiary/aromatic N) is 3. The van der Waals surface area contributed by atoms with Gasteiger partial charge in [0.1, 0.15) is 0 Å². The van der Waals surface area contributed by atoms with Crippen molar-refractivity contribution in [3.8, 4) is 11.5 Å². The first kappa shape index (κ1) is 20.0. The van der Waals surface area contributed by atoms with Crippen LogP contribution in [0.4, 0.5) is 5.13 Å². The van der Waals surface area contributed by atoms with E-state index >= 15 is 0 Å². The zero-order valence-corrected chi connectivity index (χ0v) is 17.8. The van der Waals surface area contributed by atoms with E-state index in [2.05, 4.69) is 15.5 Å². The molecule has 1 aliphatic carbocycles. The molecule has 0 spiro atoms. The van der Waals surface area contributed by atoms with Crippen molar-refractivity contribution in [3.05, 3.63) is 23.8 Å². The highest BCUT2D eigenvalue weighted by atomic mass is 32.2. The van der Waals surface area contributed by atoms with Gasteiger partial charge in [0.15, 0.2) is 15.8 Å². The monoisotopic (exact) mass is 434 g/mol. The second kappa shape index (κ2) is 8.58. The number of fused-ring (bicyclic) bond motifs is 1. The van der Waals surface area contributed by atoms with E-state index in [1.807, 2.05) is 32.0 Å². The molecular formula is C19H22N4O4S2. The molecule has 2 amide bonds. The molecule has 8 nitrogen and oxygen atoms in total. The van der Waals surface area contributed by atoms with E-state index in [-0.39, 0.29) is 29.9 Å². The van der Waals surface area contributed by atoms with Gasteiger partial charge < -0.3 is 14.8 Å². The highest BCUT2D eigenvalue weighted by Crippen LogP contribution is 2.37. The standard InChI is InChI=1S/C19H22N4O4S2/c1-3-16(24)23(13-5-6-13)18-21-22-19(29-18)28-11(2)17(25)20-9-12-4-7-14-15(8-12)27-10-26-14/h4,7-8,11,13H,3,5-6,9-10H2,1-2H3,(H,20,25). The lowest BCUT2D eigenvalue weighted by Crippen LogP contribution is -2.32. The molecule has 1 aromatic carbocycles. The third-order valence-corrected chi connectivity index (χ3v) is 6.74. The van der Waals surface area contributed by atoms with Gasteiger partial charge in [-0.3, -0.25) is 14.5 Å². The number of carbonyl (C=O) groups is 2. The van der Waals surface area contributed by atoms with Crippen LogP contribution in [0.1, 0.15) is 38.7 Å². The summed E-state index contributed by atoms with van der Waals surface area (Å²) in [4.78, 5) is 26.4. The maximum Gasteiger partial charge on any atom is 0.233 e. The first-order chi connectivity index (χ1) is 14.0. The van der Waals surface area contributed by atoms with E-state index in [0.717, 1.165) is 24.2 Å². The first-order valence-corrected chi connectivity index (χ1v) is 11.2. The number of carbonyl (C=O) groups excluding carboxylic acids is 2. The fourth-order valence-electron chi connectivity index (χ4n) is 2.91. The highest BCUT2D eigenvalue weighted by Gasteiger charge is 2.35. The number of ether oxygens (including phenoxy) is 2. The Labute approximate surface area is 177 Å². The Balaban J connectivity index is 1.32. The van der Waals surface area contributed by atoms with Crippen LogP contribution >= 0.6 is 23.1 Å². The lowest BCUT2D eigenvalue weighted by Gasteiger charge is -2.17. The number of aromatic nitrogens is 2. The third kappa shape index (κ3) is 4.64. The highest BCUT2D eigenvalue weighted by molar-refractivity contribution is 8.02. The van der Waals surface area contributed by atoms with Gasteiger partial charge in [0.05, 0.1) is 5.25 Å². The zero-order valence-electron chi connectivity index (χ0n) is 16.2. The minimum absolute atomic E-state index is 0.0646. The summed E-state index contributed by atoms with van der Waals surface area (Å²) in [6.07, 6.45) is 2.45. The second-order valence-corrected chi connectivity index (χ2v) is 9.41. The van der Waals surface area contributed by atoms with Crippen molar-refractivity contribution in [1.82, 2.24) is 15.5 Å². The van der Waals surface area contributed by atoms with Crippen LogP contribution in [0.25, 0.3) is 0 Å². The van der Waals surface area contributed by atoms with Crippen molar-refractivity contribution in [3.63, 3.8) is 0 Å². The Morgan fingerprint density at radius 2 is 2.10 bits per heavy atom. The van der Waals surface area contributed by atoms with E-state index in [4.69, 9.17) is 9.47 Å². The van der Waals surface area contributed by atoms with E-state index < -0.39 is 0 Å². The Kier molecular flexibility index (Phi) is 5.91. The van der Waals surface area contributed by atoms with E-state index in [1.54, 1.807) is 4.90 Å². The Hall–Kier alpha value is -2.33. The normalized spacial score (nSPS) is 15.8. The number of hydrogen-bond donors (Lipinski definition) is 1. The number of nitrogens with one attached hydrogen (secondary N) is 1. The smallest absolute Gasteiger partial charge is 0.233 e. The van der Waals surface area contributed by atoms with Crippen LogP contribution < -0.4 is 19.7 Å². The van der Waals surface area contributed by atoms with Gasteiger partial charge in [0.2, 0.25) is 23.7 Å². The molecule has 0 radical (unpaired) electrons. The van der Waals surface area contributed by atoms with Crippen LogP contribution in [0.15, 0.2) is 22.5 Å². The average molecular weight is 435 g/mol. The molecule has 1 aliphatic heterocycles. The van der Waals surface area contributed by atoms with Gasteiger partial charge in [-0.1, -0.05) is 36.1 Å². The van der Waals surface area contributed by atoms with E-state index in [9.17, 15) is 9.59 Å². The van der Waals surface area contributed by atoms with Gasteiger partial charge in [-0.05, 0) is 37.5 Å². The quantitative estimate of drug-likeness (QED) is 0.504. The van der Waals surface area contributed by atoms with Crippen LogP contribution in [-0.2, 0) is 16.1 Å². The van der Waals surface area contributed by atoms with Crippen LogP contribution in [0, 0.1) is 0 Å². The summed E-state index contributed by atoms with van der Waals surface area (Å²) in [7, 11) is 0. The molecule has 1 N–H and O–H groups in total. The molecule has 2 aliphatic rings. The molecule has 0 bridgehead atoms. The van der Waals surface area contributed by atoms with E-state index in [0.29, 0.717) is 28.2 Å². The minimum Gasteiger partial charge on any atom is -0.454 e. The summed E-state index contributed by atoms with van der Waals surface area (Å²) in [6, 6.07) is 5.86. The van der Waals surface area contributed by atoms with Crippen molar-refractivity contribution < 1.29 is 19.1 Å². The minimum atomic E-state index is -0.332. The number of benzene rings is 1. The summed E-state index contributed by atoms with van der Waals surface area (Å²) >= 11 is 2.71. The number of anilines is 1. The van der Waals surface area contributed by atoms with Crippen LogP contribution in [0.2, 0.25) is 0 Å². The van der Waals surface area contributed by atoms with Gasteiger partial charge >= 0.3 is 0 Å².